The highest BCUT2D eigenvalue weighted by Gasteiger charge is 2.18. The minimum absolute atomic E-state index is 0.0406. The number of nitriles is 1. The number of carbonyl (C=O) groups excluding carboxylic acids is 1. The summed E-state index contributed by atoms with van der Waals surface area (Å²) < 4.78 is 30.7. The first-order valence-corrected chi connectivity index (χ1v) is 12.1. The largest absolute Gasteiger partial charge is 0.378 e. The molecular formula is C25H21BrN2O4S. The molecule has 3 aromatic rings. The molecule has 0 aliphatic heterocycles. The van der Waals surface area contributed by atoms with Crippen molar-refractivity contribution < 1.29 is 17.4 Å². The van der Waals surface area contributed by atoms with E-state index in [1.54, 1.807) is 30.3 Å². The van der Waals surface area contributed by atoms with Crippen LogP contribution in [0.25, 0.3) is 6.08 Å². The summed E-state index contributed by atoms with van der Waals surface area (Å²) in [6, 6.07) is 18.4. The van der Waals surface area contributed by atoms with Gasteiger partial charge in [0.05, 0.1) is 4.47 Å². The van der Waals surface area contributed by atoms with Crippen LogP contribution in [0, 0.1) is 32.1 Å². The zero-order valence-electron chi connectivity index (χ0n) is 18.2. The molecule has 168 valence electrons. The van der Waals surface area contributed by atoms with Crippen LogP contribution in [0.5, 0.6) is 5.75 Å². The van der Waals surface area contributed by atoms with Gasteiger partial charge in [0, 0.05) is 5.69 Å². The third kappa shape index (κ3) is 6.09. The third-order valence-corrected chi connectivity index (χ3v) is 6.64. The van der Waals surface area contributed by atoms with E-state index in [4.69, 9.17) is 4.18 Å². The van der Waals surface area contributed by atoms with Crippen LogP contribution < -0.4 is 9.50 Å². The van der Waals surface area contributed by atoms with E-state index in [0.29, 0.717) is 15.7 Å². The highest BCUT2D eigenvalue weighted by Crippen LogP contribution is 2.30. The zero-order chi connectivity index (χ0) is 24.2. The molecule has 0 atom stereocenters. The highest BCUT2D eigenvalue weighted by atomic mass is 79.9. The minimum Gasteiger partial charge on any atom is -0.378 e. The number of amides is 1. The molecule has 3 aromatic carbocycles. The maximum absolute atomic E-state index is 12.6. The average Bonchev–Trinajstić information content (AvgIpc) is 2.76. The normalized spacial score (nSPS) is 11.5. The van der Waals surface area contributed by atoms with Crippen molar-refractivity contribution in [3.05, 3.63) is 93.0 Å². The smallest absolute Gasteiger partial charge is 0.339 e. The maximum atomic E-state index is 12.6. The summed E-state index contributed by atoms with van der Waals surface area (Å²) in [4.78, 5) is 12.6. The molecule has 3 rings (SSSR count). The van der Waals surface area contributed by atoms with Crippen molar-refractivity contribution in [3.63, 3.8) is 0 Å². The predicted octanol–water partition coefficient (Wildman–Crippen LogP) is 5.69. The molecule has 0 saturated carbocycles. The van der Waals surface area contributed by atoms with E-state index in [-0.39, 0.29) is 16.2 Å². The van der Waals surface area contributed by atoms with Crippen molar-refractivity contribution in [2.24, 2.45) is 0 Å². The molecule has 0 saturated heterocycles. The molecule has 0 spiro atoms. The lowest BCUT2D eigenvalue weighted by atomic mass is 10.1. The van der Waals surface area contributed by atoms with E-state index < -0.39 is 16.0 Å². The predicted molar refractivity (Wildman–Crippen MR) is 131 cm³/mol. The highest BCUT2D eigenvalue weighted by molar-refractivity contribution is 9.10. The van der Waals surface area contributed by atoms with Gasteiger partial charge in [-0.2, -0.15) is 13.7 Å². The van der Waals surface area contributed by atoms with Crippen LogP contribution in [0.15, 0.2) is 75.6 Å². The van der Waals surface area contributed by atoms with Gasteiger partial charge < -0.3 is 9.50 Å². The lowest BCUT2D eigenvalue weighted by molar-refractivity contribution is -0.112. The Morgan fingerprint density at radius 1 is 1.00 bits per heavy atom. The summed E-state index contributed by atoms with van der Waals surface area (Å²) in [6.07, 6.45) is 1.42. The van der Waals surface area contributed by atoms with E-state index in [0.717, 1.165) is 16.7 Å². The van der Waals surface area contributed by atoms with E-state index in [1.165, 1.54) is 24.3 Å². The second-order valence-corrected chi connectivity index (χ2v) is 9.88. The topological polar surface area (TPSA) is 96.3 Å². The average molecular weight is 525 g/mol. The quantitative estimate of drug-likeness (QED) is 0.254. The number of hydrogen-bond acceptors (Lipinski definition) is 5. The van der Waals surface area contributed by atoms with Gasteiger partial charge in [0.25, 0.3) is 5.91 Å². The molecule has 0 unspecified atom stereocenters. The maximum Gasteiger partial charge on any atom is 0.339 e. The standard InChI is InChI=1S/C25H21BrN2O4S/c1-16-4-8-21(9-5-16)33(30,31)32-24-11-7-19(14-22(24)26)13-20(15-27)25(29)28-23-10-6-17(2)12-18(23)3/h4-14H,1-3H3,(H,28,29)/b20-13+. The summed E-state index contributed by atoms with van der Waals surface area (Å²) in [5.74, 6) is -0.450. The van der Waals surface area contributed by atoms with Crippen LogP contribution in [0.1, 0.15) is 22.3 Å². The van der Waals surface area contributed by atoms with E-state index in [9.17, 15) is 18.5 Å². The van der Waals surface area contributed by atoms with E-state index >= 15 is 0 Å². The van der Waals surface area contributed by atoms with Crippen LogP contribution >= 0.6 is 15.9 Å². The van der Waals surface area contributed by atoms with E-state index in [2.05, 4.69) is 21.2 Å². The monoisotopic (exact) mass is 524 g/mol. The molecule has 33 heavy (non-hydrogen) atoms. The van der Waals surface area contributed by atoms with Crippen molar-refractivity contribution in [1.82, 2.24) is 0 Å². The van der Waals surface area contributed by atoms with Crippen LogP contribution in [-0.4, -0.2) is 14.3 Å². The summed E-state index contributed by atoms with van der Waals surface area (Å²) in [7, 11) is -4.01. The van der Waals surface area contributed by atoms with Crippen molar-refractivity contribution >= 4 is 43.7 Å². The fraction of sp³-hybridized carbons (Fsp3) is 0.120. The zero-order valence-corrected chi connectivity index (χ0v) is 20.6. The molecule has 6 nitrogen and oxygen atoms in total. The molecule has 0 aromatic heterocycles. The van der Waals surface area contributed by atoms with Gasteiger partial charge in [-0.1, -0.05) is 41.5 Å². The summed E-state index contributed by atoms with van der Waals surface area (Å²) in [5, 5.41) is 12.2. The second kappa shape index (κ2) is 10.0. The third-order valence-electron chi connectivity index (χ3n) is 4.77. The first kappa shape index (κ1) is 24.2. The van der Waals surface area contributed by atoms with Crippen molar-refractivity contribution in [2.45, 2.75) is 25.7 Å². The van der Waals surface area contributed by atoms with Gasteiger partial charge in [0.2, 0.25) is 0 Å². The van der Waals surface area contributed by atoms with Crippen LogP contribution in [0.2, 0.25) is 0 Å². The minimum atomic E-state index is -4.01. The molecule has 0 fully saturated rings. The van der Waals surface area contributed by atoms with Gasteiger partial charge in [-0.15, -0.1) is 0 Å². The lowest BCUT2D eigenvalue weighted by Crippen LogP contribution is -2.14. The molecule has 1 amide bonds. The molecule has 0 bridgehead atoms. The number of benzene rings is 3. The van der Waals surface area contributed by atoms with Crippen molar-refractivity contribution in [1.29, 1.82) is 5.26 Å². The fourth-order valence-corrected chi connectivity index (χ4v) is 4.54. The number of aryl methyl sites for hydroxylation is 3. The van der Waals surface area contributed by atoms with Crippen LogP contribution in [-0.2, 0) is 14.9 Å². The number of nitrogens with one attached hydrogen (secondary N) is 1. The van der Waals surface area contributed by atoms with E-state index in [1.807, 2.05) is 39.0 Å². The molecule has 1 N–H and O–H groups in total. The Labute approximate surface area is 201 Å². The van der Waals surface area contributed by atoms with Crippen molar-refractivity contribution in [3.8, 4) is 11.8 Å². The number of carbonyl (C=O) groups is 1. The molecule has 0 aliphatic rings. The number of rotatable bonds is 6. The van der Waals surface area contributed by atoms with Gasteiger partial charge in [-0.25, -0.2) is 0 Å². The molecule has 0 radical (unpaired) electrons. The van der Waals surface area contributed by atoms with Crippen LogP contribution in [0.4, 0.5) is 5.69 Å². The first-order valence-electron chi connectivity index (χ1n) is 9.90. The number of anilines is 1. The van der Waals surface area contributed by atoms with Gasteiger partial charge in [-0.05, 0) is 84.2 Å². The summed E-state index contributed by atoms with van der Waals surface area (Å²) in [6.45, 7) is 5.69. The molecular weight excluding hydrogens is 504 g/mol. The Bertz CT molecular complexity index is 1390. The summed E-state index contributed by atoms with van der Waals surface area (Å²) in [5.41, 5.74) is 3.94. The Hall–Kier alpha value is -3.41. The Kier molecular flexibility index (Phi) is 7.36. The SMILES string of the molecule is Cc1ccc(S(=O)(=O)Oc2ccc(/C=C(\C#N)C(=O)Nc3ccc(C)cc3C)cc2Br)cc1. The van der Waals surface area contributed by atoms with Gasteiger partial charge in [0.15, 0.2) is 5.75 Å². The Morgan fingerprint density at radius 2 is 1.67 bits per heavy atom. The van der Waals surface area contributed by atoms with Gasteiger partial charge >= 0.3 is 10.1 Å². The molecule has 8 heteroatoms. The Morgan fingerprint density at radius 3 is 2.27 bits per heavy atom. The fourth-order valence-electron chi connectivity index (χ4n) is 3.00. The summed E-state index contributed by atoms with van der Waals surface area (Å²) >= 11 is 3.30. The Balaban J connectivity index is 1.80. The second-order valence-electron chi connectivity index (χ2n) is 7.48. The first-order chi connectivity index (χ1) is 15.6. The molecule has 0 heterocycles. The van der Waals surface area contributed by atoms with Crippen LogP contribution in [0.3, 0.4) is 0 Å². The number of nitrogens with zero attached hydrogens (tertiary/aromatic N) is 1. The van der Waals surface area contributed by atoms with Crippen molar-refractivity contribution in [2.75, 3.05) is 5.32 Å². The van der Waals surface area contributed by atoms with Gasteiger partial charge in [-0.3, -0.25) is 4.79 Å². The van der Waals surface area contributed by atoms with Gasteiger partial charge in [0.1, 0.15) is 16.5 Å². The lowest BCUT2D eigenvalue weighted by Gasteiger charge is -2.10. The number of halogens is 1. The molecule has 0 aliphatic carbocycles. The number of hydrogen-bond donors (Lipinski definition) is 1.